The maximum atomic E-state index is 12.8. The number of piperidine rings is 1. The number of amides is 2. The molecule has 0 spiro atoms. The van der Waals surface area contributed by atoms with Gasteiger partial charge in [0.25, 0.3) is 5.91 Å². The van der Waals surface area contributed by atoms with Crippen LogP contribution >= 0.6 is 0 Å². The highest BCUT2D eigenvalue weighted by atomic mass is 16.5. The van der Waals surface area contributed by atoms with Crippen LogP contribution in [0.4, 0.5) is 0 Å². The van der Waals surface area contributed by atoms with E-state index in [1.807, 2.05) is 4.90 Å². The SMILES string of the molecule is O=C(N[C@H]1COC[C@@H]1N1CCCC1)C1CCN(C(=O)c2ccncc2)CC1. The number of carbonyl (C=O) groups excluding carboxylic acids is 2. The largest absolute Gasteiger partial charge is 0.378 e. The Hall–Kier alpha value is -1.99. The Labute approximate surface area is 160 Å². The van der Waals surface area contributed by atoms with Crippen LogP contribution in [0.3, 0.4) is 0 Å². The van der Waals surface area contributed by atoms with Crippen LogP contribution in [0.5, 0.6) is 0 Å². The molecule has 27 heavy (non-hydrogen) atoms. The van der Waals surface area contributed by atoms with Crippen LogP contribution in [0.25, 0.3) is 0 Å². The fourth-order valence-corrected chi connectivity index (χ4v) is 4.44. The molecule has 3 fully saturated rings. The van der Waals surface area contributed by atoms with Crippen LogP contribution < -0.4 is 5.32 Å². The van der Waals surface area contributed by atoms with Gasteiger partial charge in [0, 0.05) is 37.0 Å². The van der Waals surface area contributed by atoms with Crippen molar-refractivity contribution in [1.82, 2.24) is 20.1 Å². The molecule has 7 nitrogen and oxygen atoms in total. The number of hydrogen-bond donors (Lipinski definition) is 1. The van der Waals surface area contributed by atoms with E-state index in [1.54, 1.807) is 24.5 Å². The van der Waals surface area contributed by atoms with Crippen molar-refractivity contribution in [2.24, 2.45) is 5.92 Å². The van der Waals surface area contributed by atoms with Gasteiger partial charge in [-0.1, -0.05) is 0 Å². The molecule has 3 aliphatic rings. The van der Waals surface area contributed by atoms with Crippen molar-refractivity contribution in [2.75, 3.05) is 39.4 Å². The molecule has 0 unspecified atom stereocenters. The van der Waals surface area contributed by atoms with Crippen LogP contribution in [0.2, 0.25) is 0 Å². The average molecular weight is 372 g/mol. The summed E-state index contributed by atoms with van der Waals surface area (Å²) in [7, 11) is 0. The molecule has 1 aromatic heterocycles. The molecule has 0 aliphatic carbocycles. The molecule has 0 saturated carbocycles. The van der Waals surface area contributed by atoms with Gasteiger partial charge in [0.15, 0.2) is 0 Å². The highest BCUT2D eigenvalue weighted by Gasteiger charge is 2.37. The minimum atomic E-state index is -0.0219. The zero-order chi connectivity index (χ0) is 18.6. The molecule has 2 amide bonds. The van der Waals surface area contributed by atoms with Crippen molar-refractivity contribution in [3.63, 3.8) is 0 Å². The van der Waals surface area contributed by atoms with Crippen molar-refractivity contribution in [3.8, 4) is 0 Å². The summed E-state index contributed by atoms with van der Waals surface area (Å²) in [5.41, 5.74) is 0.657. The first kappa shape index (κ1) is 18.4. The molecule has 0 radical (unpaired) electrons. The van der Waals surface area contributed by atoms with Crippen molar-refractivity contribution in [1.29, 1.82) is 0 Å². The summed E-state index contributed by atoms with van der Waals surface area (Å²) in [6.07, 6.45) is 7.17. The number of pyridine rings is 1. The summed E-state index contributed by atoms with van der Waals surface area (Å²) in [6, 6.07) is 3.87. The van der Waals surface area contributed by atoms with E-state index in [4.69, 9.17) is 4.74 Å². The summed E-state index contributed by atoms with van der Waals surface area (Å²) in [4.78, 5) is 33.5. The third-order valence-corrected chi connectivity index (χ3v) is 6.07. The van der Waals surface area contributed by atoms with Crippen LogP contribution in [0, 0.1) is 5.92 Å². The van der Waals surface area contributed by atoms with Crippen molar-refractivity contribution in [2.45, 2.75) is 37.8 Å². The Bertz CT molecular complexity index is 654. The van der Waals surface area contributed by atoms with Gasteiger partial charge >= 0.3 is 0 Å². The van der Waals surface area contributed by atoms with Gasteiger partial charge in [-0.05, 0) is 50.9 Å². The van der Waals surface area contributed by atoms with E-state index in [9.17, 15) is 9.59 Å². The van der Waals surface area contributed by atoms with Crippen molar-refractivity contribution < 1.29 is 14.3 Å². The zero-order valence-electron chi connectivity index (χ0n) is 15.7. The fourth-order valence-electron chi connectivity index (χ4n) is 4.44. The van der Waals surface area contributed by atoms with E-state index >= 15 is 0 Å². The summed E-state index contributed by atoms with van der Waals surface area (Å²) in [6.45, 7) is 4.77. The van der Waals surface area contributed by atoms with Crippen molar-refractivity contribution >= 4 is 11.8 Å². The van der Waals surface area contributed by atoms with Gasteiger partial charge in [0.2, 0.25) is 5.91 Å². The molecule has 7 heteroatoms. The normalized spacial score (nSPS) is 27.0. The van der Waals surface area contributed by atoms with E-state index in [-0.39, 0.29) is 23.8 Å². The summed E-state index contributed by atoms with van der Waals surface area (Å²) in [5.74, 6) is 0.117. The van der Waals surface area contributed by atoms with Gasteiger partial charge in [0.05, 0.1) is 25.3 Å². The Balaban J connectivity index is 1.28. The summed E-state index contributed by atoms with van der Waals surface area (Å²) in [5, 5.41) is 3.23. The number of aromatic nitrogens is 1. The number of carbonyl (C=O) groups is 2. The maximum Gasteiger partial charge on any atom is 0.253 e. The maximum absolute atomic E-state index is 12.8. The molecular formula is C20H28N4O3. The van der Waals surface area contributed by atoms with Crippen LogP contribution in [0.1, 0.15) is 36.0 Å². The first-order valence-electron chi connectivity index (χ1n) is 10.0. The fraction of sp³-hybridized carbons (Fsp3) is 0.650. The average Bonchev–Trinajstić information content (AvgIpc) is 3.40. The molecule has 3 saturated heterocycles. The molecule has 146 valence electrons. The smallest absolute Gasteiger partial charge is 0.253 e. The van der Waals surface area contributed by atoms with Crippen LogP contribution in [-0.4, -0.2) is 78.1 Å². The molecule has 0 aromatic carbocycles. The molecule has 3 aliphatic heterocycles. The van der Waals surface area contributed by atoms with E-state index in [0.29, 0.717) is 50.8 Å². The lowest BCUT2D eigenvalue weighted by Gasteiger charge is -2.33. The molecule has 4 heterocycles. The number of rotatable bonds is 4. The standard InChI is InChI=1S/C20H28N4O3/c25-19(22-17-13-27-14-18(17)23-9-1-2-10-23)15-5-11-24(12-6-15)20(26)16-3-7-21-8-4-16/h3-4,7-8,15,17-18H,1-2,5-6,9-14H2,(H,22,25)/t17-,18-/m0/s1. The third kappa shape index (κ3) is 4.14. The predicted molar refractivity (Wildman–Crippen MR) is 100 cm³/mol. The highest BCUT2D eigenvalue weighted by Crippen LogP contribution is 2.22. The van der Waals surface area contributed by atoms with Crippen LogP contribution in [-0.2, 0) is 9.53 Å². The summed E-state index contributed by atoms with van der Waals surface area (Å²) >= 11 is 0. The summed E-state index contributed by atoms with van der Waals surface area (Å²) < 4.78 is 5.65. The van der Waals surface area contributed by atoms with E-state index in [0.717, 1.165) is 13.1 Å². The quantitative estimate of drug-likeness (QED) is 0.851. The zero-order valence-corrected chi connectivity index (χ0v) is 15.7. The van der Waals surface area contributed by atoms with E-state index in [1.165, 1.54) is 12.8 Å². The lowest BCUT2D eigenvalue weighted by molar-refractivity contribution is -0.127. The second kappa shape index (κ2) is 8.35. The van der Waals surface area contributed by atoms with Gasteiger partial charge in [-0.3, -0.25) is 19.5 Å². The van der Waals surface area contributed by atoms with Gasteiger partial charge < -0.3 is 15.0 Å². The van der Waals surface area contributed by atoms with Crippen LogP contribution in [0.15, 0.2) is 24.5 Å². The van der Waals surface area contributed by atoms with Crippen molar-refractivity contribution in [3.05, 3.63) is 30.1 Å². The van der Waals surface area contributed by atoms with Gasteiger partial charge in [-0.15, -0.1) is 0 Å². The number of likely N-dealkylation sites (tertiary alicyclic amines) is 2. The highest BCUT2D eigenvalue weighted by molar-refractivity contribution is 5.94. The number of ether oxygens (including phenoxy) is 1. The molecule has 2 atom stereocenters. The van der Waals surface area contributed by atoms with E-state index < -0.39 is 0 Å². The van der Waals surface area contributed by atoms with Gasteiger partial charge in [-0.25, -0.2) is 0 Å². The Morgan fingerprint density at radius 2 is 1.74 bits per heavy atom. The third-order valence-electron chi connectivity index (χ3n) is 6.07. The molecule has 4 rings (SSSR count). The number of hydrogen-bond acceptors (Lipinski definition) is 5. The van der Waals surface area contributed by atoms with E-state index in [2.05, 4.69) is 15.2 Å². The Morgan fingerprint density at radius 3 is 2.44 bits per heavy atom. The monoisotopic (exact) mass is 372 g/mol. The molecule has 1 aromatic rings. The Morgan fingerprint density at radius 1 is 1.04 bits per heavy atom. The minimum Gasteiger partial charge on any atom is -0.378 e. The molecule has 0 bridgehead atoms. The topological polar surface area (TPSA) is 74.8 Å². The molecule has 1 N–H and O–H groups in total. The molecular weight excluding hydrogens is 344 g/mol. The lowest BCUT2D eigenvalue weighted by Crippen LogP contribution is -2.52. The van der Waals surface area contributed by atoms with Gasteiger partial charge in [0.1, 0.15) is 0 Å². The first-order valence-corrected chi connectivity index (χ1v) is 10.0. The lowest BCUT2D eigenvalue weighted by atomic mass is 9.94. The number of nitrogens with one attached hydrogen (secondary N) is 1. The Kier molecular flexibility index (Phi) is 5.69. The predicted octanol–water partition coefficient (Wildman–Crippen LogP) is 0.913. The number of nitrogens with zero attached hydrogens (tertiary/aromatic N) is 3. The minimum absolute atomic E-state index is 0.0219. The van der Waals surface area contributed by atoms with Gasteiger partial charge in [-0.2, -0.15) is 0 Å². The second-order valence-electron chi connectivity index (χ2n) is 7.77. The first-order chi connectivity index (χ1) is 13.2. The second-order valence-corrected chi connectivity index (χ2v) is 7.77.